The Balaban J connectivity index is 0.00000144. The maximum Gasteiger partial charge on any atom is 0.0403 e. The highest BCUT2D eigenvalue weighted by atomic mass is 35.5. The average molecular weight is 200 g/mol. The second-order valence-corrected chi connectivity index (χ2v) is 3.12. The van der Waals surface area contributed by atoms with Gasteiger partial charge in [0.15, 0.2) is 0 Å². The molecule has 1 aromatic heterocycles. The molecule has 0 aliphatic rings. The summed E-state index contributed by atoms with van der Waals surface area (Å²) in [6.07, 6.45) is 4.07. The summed E-state index contributed by atoms with van der Waals surface area (Å²) in [7, 11) is 0. The van der Waals surface area contributed by atoms with Crippen molar-refractivity contribution in [2.75, 3.05) is 0 Å². The zero-order valence-electron chi connectivity index (χ0n) is 8.13. The van der Waals surface area contributed by atoms with E-state index in [0.717, 1.165) is 24.1 Å². The van der Waals surface area contributed by atoms with Gasteiger partial charge in [-0.2, -0.15) is 0 Å². The number of halogens is 1. The van der Waals surface area contributed by atoms with Gasteiger partial charge in [0.05, 0.1) is 0 Å². The van der Waals surface area contributed by atoms with Gasteiger partial charge in [-0.3, -0.25) is 4.98 Å². The molecule has 0 fully saturated rings. The third-order valence-electron chi connectivity index (χ3n) is 1.88. The Bertz CT molecular complexity index is 231. The molecule has 0 spiro atoms. The van der Waals surface area contributed by atoms with E-state index in [9.17, 15) is 0 Å². The van der Waals surface area contributed by atoms with Crippen LogP contribution in [0, 0.1) is 0 Å². The summed E-state index contributed by atoms with van der Waals surface area (Å²) in [5.41, 5.74) is 7.96. The average Bonchev–Trinajstić information content (AvgIpc) is 2.06. The summed E-state index contributed by atoms with van der Waals surface area (Å²) >= 11 is 0. The first kappa shape index (κ1) is 12.4. The highest BCUT2D eigenvalue weighted by molar-refractivity contribution is 5.16. The summed E-state index contributed by atoms with van der Waals surface area (Å²) < 4.78 is 0. The van der Waals surface area contributed by atoms with Crippen LogP contribution in [0.2, 0.25) is 0 Å². The Morgan fingerprint density at radius 3 is 2.54 bits per heavy atom. The lowest BCUT2D eigenvalue weighted by Crippen LogP contribution is -3.00. The van der Waals surface area contributed by atoms with Crippen molar-refractivity contribution >= 4 is 0 Å². The lowest BCUT2D eigenvalue weighted by Gasteiger charge is -2.05. The number of pyridine rings is 1. The number of hydrogen-bond donors (Lipinski definition) is 1. The van der Waals surface area contributed by atoms with E-state index in [1.165, 1.54) is 0 Å². The molecule has 1 heterocycles. The fourth-order valence-corrected chi connectivity index (χ4v) is 1.11. The molecule has 1 aromatic rings. The van der Waals surface area contributed by atoms with Gasteiger partial charge in [-0.25, -0.2) is 0 Å². The third kappa shape index (κ3) is 3.75. The van der Waals surface area contributed by atoms with Gasteiger partial charge in [0.1, 0.15) is 0 Å². The molecule has 0 radical (unpaired) electrons. The Labute approximate surface area is 86.0 Å². The first-order chi connectivity index (χ1) is 5.74. The lowest BCUT2D eigenvalue weighted by atomic mass is 10.1. The van der Waals surface area contributed by atoms with Gasteiger partial charge in [0, 0.05) is 17.9 Å². The third-order valence-corrected chi connectivity index (χ3v) is 1.88. The molecule has 0 bridgehead atoms. The van der Waals surface area contributed by atoms with Crippen LogP contribution in [0.5, 0.6) is 0 Å². The van der Waals surface area contributed by atoms with Crippen LogP contribution in [0.4, 0.5) is 0 Å². The SMILES string of the molecule is CCCc1ccc([C@@H](C)N)cn1.[Cl-]. The Morgan fingerprint density at radius 1 is 1.46 bits per heavy atom. The predicted molar refractivity (Wildman–Crippen MR) is 50.8 cm³/mol. The molecule has 0 amide bonds. The van der Waals surface area contributed by atoms with Crippen molar-refractivity contribution in [2.45, 2.75) is 32.7 Å². The molecule has 0 aromatic carbocycles. The summed E-state index contributed by atoms with van der Waals surface area (Å²) in [5, 5.41) is 0. The van der Waals surface area contributed by atoms with E-state index >= 15 is 0 Å². The molecule has 3 heteroatoms. The van der Waals surface area contributed by atoms with E-state index in [4.69, 9.17) is 5.73 Å². The minimum atomic E-state index is 0. The summed E-state index contributed by atoms with van der Waals surface area (Å²) in [4.78, 5) is 4.31. The molecule has 0 saturated carbocycles. The summed E-state index contributed by atoms with van der Waals surface area (Å²) in [5.74, 6) is 0. The van der Waals surface area contributed by atoms with Crippen molar-refractivity contribution in [1.29, 1.82) is 0 Å². The van der Waals surface area contributed by atoms with Crippen LogP contribution in [-0.2, 0) is 6.42 Å². The standard InChI is InChI=1S/C10H16N2.ClH/c1-3-4-10-6-5-9(7-12-10)8(2)11;/h5-8H,3-4,11H2,1-2H3;1H/p-1/t8-;/m1./s1. The second-order valence-electron chi connectivity index (χ2n) is 3.12. The minimum Gasteiger partial charge on any atom is -1.00 e. The molecule has 1 rings (SSSR count). The topological polar surface area (TPSA) is 38.9 Å². The molecule has 2 nitrogen and oxygen atoms in total. The zero-order valence-corrected chi connectivity index (χ0v) is 8.88. The summed E-state index contributed by atoms with van der Waals surface area (Å²) in [6, 6.07) is 4.21. The summed E-state index contributed by atoms with van der Waals surface area (Å²) in [6.45, 7) is 4.12. The van der Waals surface area contributed by atoms with Gasteiger partial charge in [0.2, 0.25) is 0 Å². The quantitative estimate of drug-likeness (QED) is 0.683. The molecule has 0 unspecified atom stereocenters. The van der Waals surface area contributed by atoms with E-state index in [1.807, 2.05) is 13.1 Å². The number of aromatic nitrogens is 1. The van der Waals surface area contributed by atoms with Gasteiger partial charge in [-0.1, -0.05) is 19.4 Å². The molecule has 74 valence electrons. The fraction of sp³-hybridized carbons (Fsp3) is 0.500. The van der Waals surface area contributed by atoms with E-state index in [0.29, 0.717) is 0 Å². The van der Waals surface area contributed by atoms with Gasteiger partial charge in [-0.15, -0.1) is 0 Å². The monoisotopic (exact) mass is 199 g/mol. The van der Waals surface area contributed by atoms with Crippen molar-refractivity contribution in [3.63, 3.8) is 0 Å². The van der Waals surface area contributed by atoms with E-state index in [-0.39, 0.29) is 18.4 Å². The Hall–Kier alpha value is -0.600. The molecular formula is C10H16ClN2-. The van der Waals surface area contributed by atoms with E-state index < -0.39 is 0 Å². The van der Waals surface area contributed by atoms with Crippen LogP contribution >= 0.6 is 0 Å². The van der Waals surface area contributed by atoms with Gasteiger partial charge >= 0.3 is 0 Å². The molecule has 2 N–H and O–H groups in total. The lowest BCUT2D eigenvalue weighted by molar-refractivity contribution is -0.00000286. The van der Waals surface area contributed by atoms with Crippen LogP contribution in [0.3, 0.4) is 0 Å². The first-order valence-corrected chi connectivity index (χ1v) is 4.44. The molecule has 0 saturated heterocycles. The Kier molecular flexibility index (Phi) is 5.67. The highest BCUT2D eigenvalue weighted by Gasteiger charge is 1.98. The van der Waals surface area contributed by atoms with Crippen LogP contribution in [0.25, 0.3) is 0 Å². The van der Waals surface area contributed by atoms with E-state index in [2.05, 4.69) is 24.0 Å². The maximum absolute atomic E-state index is 5.70. The molecule has 0 aliphatic carbocycles. The molecule has 13 heavy (non-hydrogen) atoms. The number of nitrogens with zero attached hydrogens (tertiary/aromatic N) is 1. The molecule has 0 aliphatic heterocycles. The van der Waals surface area contributed by atoms with Crippen molar-refractivity contribution in [1.82, 2.24) is 4.98 Å². The second kappa shape index (κ2) is 5.95. The normalized spacial score (nSPS) is 11.9. The van der Waals surface area contributed by atoms with Crippen LogP contribution in [-0.4, -0.2) is 4.98 Å². The number of rotatable bonds is 3. The van der Waals surface area contributed by atoms with Gasteiger partial charge in [-0.05, 0) is 25.0 Å². The van der Waals surface area contributed by atoms with Gasteiger partial charge < -0.3 is 18.1 Å². The van der Waals surface area contributed by atoms with Gasteiger partial charge in [0.25, 0.3) is 0 Å². The number of hydrogen-bond acceptors (Lipinski definition) is 2. The largest absolute Gasteiger partial charge is 1.00 e. The highest BCUT2D eigenvalue weighted by Crippen LogP contribution is 2.08. The Morgan fingerprint density at radius 2 is 2.15 bits per heavy atom. The first-order valence-electron chi connectivity index (χ1n) is 4.44. The van der Waals surface area contributed by atoms with Crippen molar-refractivity contribution in [3.05, 3.63) is 29.6 Å². The molecular weight excluding hydrogens is 184 g/mol. The fourth-order valence-electron chi connectivity index (χ4n) is 1.11. The minimum absolute atomic E-state index is 0. The van der Waals surface area contributed by atoms with E-state index in [1.54, 1.807) is 0 Å². The molecule has 1 atom stereocenters. The predicted octanol–water partition coefficient (Wildman–Crippen LogP) is -0.942. The zero-order chi connectivity index (χ0) is 8.97. The van der Waals surface area contributed by atoms with Crippen LogP contribution in [0.15, 0.2) is 18.3 Å². The van der Waals surface area contributed by atoms with Crippen molar-refractivity contribution in [3.8, 4) is 0 Å². The maximum atomic E-state index is 5.70. The number of aryl methyl sites for hydroxylation is 1. The van der Waals surface area contributed by atoms with Crippen molar-refractivity contribution < 1.29 is 12.4 Å². The van der Waals surface area contributed by atoms with Crippen LogP contribution in [0.1, 0.15) is 37.6 Å². The van der Waals surface area contributed by atoms with Crippen molar-refractivity contribution in [2.24, 2.45) is 5.73 Å². The smallest absolute Gasteiger partial charge is 0.0403 e. The van der Waals surface area contributed by atoms with Crippen LogP contribution < -0.4 is 18.1 Å². The number of nitrogens with two attached hydrogens (primary N) is 1.